The lowest BCUT2D eigenvalue weighted by atomic mass is 10.1. The van der Waals surface area contributed by atoms with E-state index in [0.29, 0.717) is 0 Å². The van der Waals surface area contributed by atoms with E-state index in [1.165, 1.54) is 11.6 Å². The van der Waals surface area contributed by atoms with Crippen molar-refractivity contribution in [2.75, 3.05) is 0 Å². The summed E-state index contributed by atoms with van der Waals surface area (Å²) in [4.78, 5) is 0. The summed E-state index contributed by atoms with van der Waals surface area (Å²) >= 11 is 3.45. The van der Waals surface area contributed by atoms with Crippen molar-refractivity contribution in [1.82, 2.24) is 5.32 Å². The highest BCUT2D eigenvalue weighted by molar-refractivity contribution is 9.10. The summed E-state index contributed by atoms with van der Waals surface area (Å²) in [5, 5.41) is 3.36. The Kier molecular flexibility index (Phi) is 4.50. The molecular formula is C15H15BrFN. The third kappa shape index (κ3) is 3.65. The Morgan fingerprint density at radius 3 is 2.67 bits per heavy atom. The summed E-state index contributed by atoms with van der Waals surface area (Å²) < 4.78 is 14.0. The molecule has 2 rings (SSSR count). The van der Waals surface area contributed by atoms with E-state index < -0.39 is 0 Å². The van der Waals surface area contributed by atoms with Crippen LogP contribution < -0.4 is 5.32 Å². The summed E-state index contributed by atoms with van der Waals surface area (Å²) in [6.07, 6.45) is 0. The van der Waals surface area contributed by atoms with Crippen molar-refractivity contribution in [3.05, 3.63) is 69.4 Å². The minimum absolute atomic E-state index is 0.178. The van der Waals surface area contributed by atoms with Crippen molar-refractivity contribution in [3.8, 4) is 0 Å². The van der Waals surface area contributed by atoms with Crippen LogP contribution in [-0.2, 0) is 13.1 Å². The van der Waals surface area contributed by atoms with E-state index in [1.807, 2.05) is 25.1 Å². The molecule has 0 saturated carbocycles. The average molecular weight is 308 g/mol. The van der Waals surface area contributed by atoms with Crippen LogP contribution in [0.3, 0.4) is 0 Å². The molecule has 0 aliphatic carbocycles. The van der Waals surface area contributed by atoms with Gasteiger partial charge >= 0.3 is 0 Å². The predicted octanol–water partition coefficient (Wildman–Crippen LogP) is 4.19. The first-order chi connectivity index (χ1) is 8.65. The van der Waals surface area contributed by atoms with E-state index in [4.69, 9.17) is 0 Å². The highest BCUT2D eigenvalue weighted by atomic mass is 79.9. The third-order valence-corrected chi connectivity index (χ3v) is 3.33. The Morgan fingerprint density at radius 2 is 1.94 bits per heavy atom. The molecule has 0 heterocycles. The number of halogens is 2. The van der Waals surface area contributed by atoms with Crippen LogP contribution in [0.25, 0.3) is 0 Å². The van der Waals surface area contributed by atoms with Crippen molar-refractivity contribution in [3.63, 3.8) is 0 Å². The van der Waals surface area contributed by atoms with Crippen molar-refractivity contribution in [1.29, 1.82) is 0 Å². The van der Waals surface area contributed by atoms with E-state index in [1.54, 1.807) is 6.07 Å². The zero-order valence-corrected chi connectivity index (χ0v) is 11.8. The van der Waals surface area contributed by atoms with Gasteiger partial charge in [0, 0.05) is 17.6 Å². The highest BCUT2D eigenvalue weighted by Gasteiger charge is 2.00. The summed E-state index contributed by atoms with van der Waals surface area (Å²) in [6.45, 7) is 3.48. The van der Waals surface area contributed by atoms with Gasteiger partial charge in [-0.2, -0.15) is 0 Å². The zero-order valence-electron chi connectivity index (χ0n) is 10.2. The van der Waals surface area contributed by atoms with E-state index >= 15 is 0 Å². The first-order valence-electron chi connectivity index (χ1n) is 5.85. The van der Waals surface area contributed by atoms with Crippen molar-refractivity contribution in [2.24, 2.45) is 0 Å². The second kappa shape index (κ2) is 6.12. The normalized spacial score (nSPS) is 10.6. The Morgan fingerprint density at radius 1 is 1.11 bits per heavy atom. The van der Waals surface area contributed by atoms with E-state index in [2.05, 4.69) is 33.4 Å². The molecule has 2 aromatic carbocycles. The van der Waals surface area contributed by atoms with Crippen LogP contribution in [0.4, 0.5) is 4.39 Å². The van der Waals surface area contributed by atoms with Crippen LogP contribution in [0, 0.1) is 12.7 Å². The molecule has 0 bridgehead atoms. The van der Waals surface area contributed by atoms with E-state index in [9.17, 15) is 4.39 Å². The molecule has 0 aliphatic heterocycles. The first-order valence-corrected chi connectivity index (χ1v) is 6.64. The molecule has 0 saturated heterocycles. The molecule has 1 nitrogen and oxygen atoms in total. The second-order valence-corrected chi connectivity index (χ2v) is 5.22. The van der Waals surface area contributed by atoms with Crippen molar-refractivity contribution < 1.29 is 4.39 Å². The number of hydrogen-bond acceptors (Lipinski definition) is 1. The molecule has 0 spiro atoms. The fourth-order valence-electron chi connectivity index (χ4n) is 1.85. The summed E-state index contributed by atoms with van der Waals surface area (Å²) in [6, 6.07) is 13.1. The summed E-state index contributed by atoms with van der Waals surface area (Å²) in [5.41, 5.74) is 3.34. The monoisotopic (exact) mass is 307 g/mol. The van der Waals surface area contributed by atoms with Gasteiger partial charge in [0.25, 0.3) is 0 Å². The molecule has 18 heavy (non-hydrogen) atoms. The zero-order chi connectivity index (χ0) is 13.0. The molecule has 0 amide bonds. The first kappa shape index (κ1) is 13.2. The maximum Gasteiger partial charge on any atom is 0.123 e. The third-order valence-electron chi connectivity index (χ3n) is 2.84. The maximum atomic E-state index is 13.0. The van der Waals surface area contributed by atoms with Gasteiger partial charge < -0.3 is 5.32 Å². The predicted molar refractivity (Wildman–Crippen MR) is 75.8 cm³/mol. The lowest BCUT2D eigenvalue weighted by molar-refractivity contribution is 0.623. The van der Waals surface area contributed by atoms with Crippen molar-refractivity contribution >= 4 is 15.9 Å². The Bertz CT molecular complexity index is 540. The van der Waals surface area contributed by atoms with Gasteiger partial charge in [-0.1, -0.05) is 34.1 Å². The summed E-state index contributed by atoms with van der Waals surface area (Å²) in [5.74, 6) is -0.178. The molecule has 0 fully saturated rings. The molecule has 2 aromatic rings. The molecule has 0 unspecified atom stereocenters. The van der Waals surface area contributed by atoms with Gasteiger partial charge in [0.15, 0.2) is 0 Å². The average Bonchev–Trinajstić information content (AvgIpc) is 2.32. The standard InChI is InChI=1S/C15H15BrFN/c1-11-7-15(17)6-5-13(11)10-18-9-12-3-2-4-14(16)8-12/h2-8,18H,9-10H2,1H3. The molecule has 3 heteroatoms. The fraction of sp³-hybridized carbons (Fsp3) is 0.200. The van der Waals surface area contributed by atoms with E-state index in [-0.39, 0.29) is 5.82 Å². The van der Waals surface area contributed by atoms with E-state index in [0.717, 1.165) is 28.7 Å². The fourth-order valence-corrected chi connectivity index (χ4v) is 2.29. The van der Waals surface area contributed by atoms with Gasteiger partial charge in [0.1, 0.15) is 5.82 Å². The SMILES string of the molecule is Cc1cc(F)ccc1CNCc1cccc(Br)c1. The number of nitrogens with one attached hydrogen (secondary N) is 1. The number of benzene rings is 2. The van der Waals surface area contributed by atoms with Crippen molar-refractivity contribution in [2.45, 2.75) is 20.0 Å². The van der Waals surface area contributed by atoms with Gasteiger partial charge in [-0.15, -0.1) is 0 Å². The topological polar surface area (TPSA) is 12.0 Å². The van der Waals surface area contributed by atoms with Gasteiger partial charge in [-0.3, -0.25) is 0 Å². The second-order valence-electron chi connectivity index (χ2n) is 4.30. The number of hydrogen-bond donors (Lipinski definition) is 1. The van der Waals surface area contributed by atoms with Gasteiger partial charge in [0.05, 0.1) is 0 Å². The minimum Gasteiger partial charge on any atom is -0.309 e. The van der Waals surface area contributed by atoms with Crippen LogP contribution in [0.15, 0.2) is 46.9 Å². The van der Waals surface area contributed by atoms with Crippen LogP contribution in [0.1, 0.15) is 16.7 Å². The van der Waals surface area contributed by atoms with Gasteiger partial charge in [-0.05, 0) is 47.9 Å². The lowest BCUT2D eigenvalue weighted by Crippen LogP contribution is -2.13. The van der Waals surface area contributed by atoms with Crippen LogP contribution in [-0.4, -0.2) is 0 Å². The highest BCUT2D eigenvalue weighted by Crippen LogP contribution is 2.12. The summed E-state index contributed by atoms with van der Waals surface area (Å²) in [7, 11) is 0. The van der Waals surface area contributed by atoms with Crippen LogP contribution in [0.2, 0.25) is 0 Å². The Balaban J connectivity index is 1.92. The van der Waals surface area contributed by atoms with Gasteiger partial charge in [-0.25, -0.2) is 4.39 Å². The smallest absolute Gasteiger partial charge is 0.123 e. The Hall–Kier alpha value is -1.19. The molecule has 0 aliphatic rings. The molecule has 0 radical (unpaired) electrons. The molecule has 0 atom stereocenters. The molecule has 94 valence electrons. The quantitative estimate of drug-likeness (QED) is 0.893. The van der Waals surface area contributed by atoms with Gasteiger partial charge in [0.2, 0.25) is 0 Å². The largest absolute Gasteiger partial charge is 0.309 e. The molecule has 0 aromatic heterocycles. The number of rotatable bonds is 4. The lowest BCUT2D eigenvalue weighted by Gasteiger charge is -2.08. The maximum absolute atomic E-state index is 13.0. The Labute approximate surface area is 115 Å². The minimum atomic E-state index is -0.178. The van der Waals surface area contributed by atoms with Crippen LogP contribution in [0.5, 0.6) is 0 Å². The van der Waals surface area contributed by atoms with Crippen LogP contribution >= 0.6 is 15.9 Å². The number of aryl methyl sites for hydroxylation is 1. The molecule has 1 N–H and O–H groups in total. The molecular weight excluding hydrogens is 293 g/mol.